The number of carbonyl (C=O) groups is 1. The number of nitrogens with two attached hydrogens (primary N) is 1. The van der Waals surface area contributed by atoms with Crippen molar-refractivity contribution in [3.63, 3.8) is 0 Å². The van der Waals surface area contributed by atoms with Gasteiger partial charge in [0.25, 0.3) is 5.91 Å². The molecule has 0 aromatic heterocycles. The molecule has 1 saturated heterocycles. The van der Waals surface area contributed by atoms with Crippen molar-refractivity contribution in [2.75, 3.05) is 6.54 Å². The average molecular weight is 253 g/mol. The van der Waals surface area contributed by atoms with Crippen LogP contribution in [0.3, 0.4) is 0 Å². The lowest BCUT2D eigenvalue weighted by molar-refractivity contribution is -0.129. The molecule has 0 aromatic rings. The van der Waals surface area contributed by atoms with Crippen molar-refractivity contribution >= 4 is 5.91 Å². The van der Waals surface area contributed by atoms with E-state index in [0.717, 1.165) is 25.3 Å². The van der Waals surface area contributed by atoms with Crippen molar-refractivity contribution in [3.8, 4) is 0 Å². The van der Waals surface area contributed by atoms with E-state index >= 15 is 0 Å². The molecule has 0 radical (unpaired) electrons. The number of likely N-dealkylation sites (tertiary alicyclic amines) is 1. The molecule has 2 fully saturated rings. The summed E-state index contributed by atoms with van der Waals surface area (Å²) < 4.78 is 0. The van der Waals surface area contributed by atoms with Crippen LogP contribution in [0.1, 0.15) is 58.3 Å². The Labute approximate surface area is 110 Å². The summed E-state index contributed by atoms with van der Waals surface area (Å²) in [7, 11) is 0. The third-order valence-electron chi connectivity index (χ3n) is 4.69. The molecule has 0 bridgehead atoms. The van der Waals surface area contributed by atoms with E-state index in [1.54, 1.807) is 0 Å². The molecule has 104 valence electrons. The summed E-state index contributed by atoms with van der Waals surface area (Å²) in [5.41, 5.74) is 2.36. The van der Waals surface area contributed by atoms with Gasteiger partial charge in [0.2, 0.25) is 0 Å². The lowest BCUT2D eigenvalue weighted by atomic mass is 9.77. The van der Waals surface area contributed by atoms with Crippen LogP contribution in [0.4, 0.5) is 0 Å². The maximum Gasteiger partial charge on any atom is 0.251 e. The summed E-state index contributed by atoms with van der Waals surface area (Å²) in [6, 6.07) is 0.618. The molecular formula is C14H27N3O. The van der Waals surface area contributed by atoms with Crippen LogP contribution < -0.4 is 11.3 Å². The summed E-state index contributed by atoms with van der Waals surface area (Å²) >= 11 is 0. The Hall–Kier alpha value is -0.610. The molecule has 3 atom stereocenters. The molecule has 4 heteroatoms. The molecule has 1 aliphatic heterocycles. The lowest BCUT2D eigenvalue weighted by Gasteiger charge is -2.47. The smallest absolute Gasteiger partial charge is 0.251 e. The van der Waals surface area contributed by atoms with E-state index in [1.807, 2.05) is 0 Å². The number of nitrogens with zero attached hydrogens (tertiary/aromatic N) is 1. The molecule has 4 nitrogen and oxygen atoms in total. The van der Waals surface area contributed by atoms with Gasteiger partial charge in [-0.3, -0.25) is 15.1 Å². The Morgan fingerprint density at radius 2 is 2.06 bits per heavy atom. The summed E-state index contributed by atoms with van der Waals surface area (Å²) in [5.74, 6) is 6.17. The van der Waals surface area contributed by atoms with Gasteiger partial charge in [-0.1, -0.05) is 26.2 Å². The van der Waals surface area contributed by atoms with Gasteiger partial charge in [0.15, 0.2) is 0 Å². The van der Waals surface area contributed by atoms with Crippen molar-refractivity contribution in [1.29, 1.82) is 0 Å². The van der Waals surface area contributed by atoms with Crippen LogP contribution in [0, 0.1) is 5.92 Å². The van der Waals surface area contributed by atoms with Crippen LogP contribution >= 0.6 is 0 Å². The molecule has 2 aliphatic rings. The van der Waals surface area contributed by atoms with E-state index in [4.69, 9.17) is 5.84 Å². The fourth-order valence-electron chi connectivity index (χ4n) is 3.87. The number of nitrogens with one attached hydrogen (secondary N) is 1. The second-order valence-electron chi connectivity index (χ2n) is 5.81. The van der Waals surface area contributed by atoms with Gasteiger partial charge in [-0.2, -0.15) is 0 Å². The minimum Gasteiger partial charge on any atom is -0.293 e. The quantitative estimate of drug-likeness (QED) is 0.456. The third kappa shape index (κ3) is 2.86. The van der Waals surface area contributed by atoms with Gasteiger partial charge >= 0.3 is 0 Å². The minimum absolute atomic E-state index is 0.00285. The predicted octanol–water partition coefficient (Wildman–Crippen LogP) is 1.80. The summed E-state index contributed by atoms with van der Waals surface area (Å²) in [6.45, 7) is 3.21. The number of fused-ring (bicyclic) bond motifs is 1. The first-order valence-corrected chi connectivity index (χ1v) is 7.54. The molecule has 1 aliphatic carbocycles. The maximum atomic E-state index is 12.0. The standard InChI is InChI=1S/C14H27N3O/c1-2-6-13(14(18)16-15)17-10-5-8-11-7-3-4-9-12(11)17/h11-13H,2-10,15H2,1H3,(H,16,18). The highest BCUT2D eigenvalue weighted by atomic mass is 16.2. The largest absolute Gasteiger partial charge is 0.293 e. The van der Waals surface area contributed by atoms with Gasteiger partial charge in [0.05, 0.1) is 6.04 Å². The topological polar surface area (TPSA) is 58.4 Å². The Kier molecular flexibility index (Phi) is 5.01. The SMILES string of the molecule is CCCC(C(=O)NN)N1CCCC2CCCCC21. The molecule has 0 aromatic carbocycles. The van der Waals surface area contributed by atoms with E-state index in [2.05, 4.69) is 17.2 Å². The highest BCUT2D eigenvalue weighted by Crippen LogP contribution is 2.36. The number of rotatable bonds is 4. The van der Waals surface area contributed by atoms with Crippen LogP contribution in [0.25, 0.3) is 0 Å². The average Bonchev–Trinajstić information content (AvgIpc) is 2.43. The number of hydrogen-bond donors (Lipinski definition) is 2. The van der Waals surface area contributed by atoms with Crippen LogP contribution in [0.2, 0.25) is 0 Å². The Balaban J connectivity index is 2.09. The van der Waals surface area contributed by atoms with Gasteiger partial charge in [0.1, 0.15) is 0 Å². The summed E-state index contributed by atoms with van der Waals surface area (Å²) in [4.78, 5) is 14.5. The van der Waals surface area contributed by atoms with Gasteiger partial charge in [-0.05, 0) is 44.6 Å². The predicted molar refractivity (Wildman–Crippen MR) is 72.7 cm³/mol. The second-order valence-corrected chi connectivity index (χ2v) is 5.81. The Morgan fingerprint density at radius 3 is 2.78 bits per heavy atom. The molecule has 0 spiro atoms. The Bertz CT molecular complexity index is 280. The van der Waals surface area contributed by atoms with Crippen molar-refractivity contribution in [1.82, 2.24) is 10.3 Å². The minimum atomic E-state index is -0.00843. The summed E-state index contributed by atoms with van der Waals surface area (Å²) in [6.07, 6.45) is 9.85. The number of piperidine rings is 1. The van der Waals surface area contributed by atoms with Crippen LogP contribution in [-0.2, 0) is 4.79 Å². The van der Waals surface area contributed by atoms with E-state index in [0.29, 0.717) is 6.04 Å². The molecule has 3 N–H and O–H groups in total. The molecule has 1 saturated carbocycles. The number of amides is 1. The molecular weight excluding hydrogens is 226 g/mol. The summed E-state index contributed by atoms with van der Waals surface area (Å²) in [5, 5.41) is 0. The fourth-order valence-corrected chi connectivity index (χ4v) is 3.87. The maximum absolute atomic E-state index is 12.0. The van der Waals surface area contributed by atoms with E-state index in [-0.39, 0.29) is 11.9 Å². The van der Waals surface area contributed by atoms with Gasteiger partial charge in [0, 0.05) is 6.04 Å². The molecule has 18 heavy (non-hydrogen) atoms. The molecule has 3 unspecified atom stereocenters. The monoisotopic (exact) mass is 253 g/mol. The van der Waals surface area contributed by atoms with E-state index in [9.17, 15) is 4.79 Å². The highest BCUT2D eigenvalue weighted by molar-refractivity contribution is 5.81. The molecule has 2 rings (SSSR count). The highest BCUT2D eigenvalue weighted by Gasteiger charge is 2.38. The first-order valence-electron chi connectivity index (χ1n) is 7.54. The Morgan fingerprint density at radius 1 is 1.33 bits per heavy atom. The number of hydrazine groups is 1. The fraction of sp³-hybridized carbons (Fsp3) is 0.929. The first-order chi connectivity index (χ1) is 8.77. The number of hydrogen-bond acceptors (Lipinski definition) is 3. The van der Waals surface area contributed by atoms with Gasteiger partial charge < -0.3 is 0 Å². The number of carbonyl (C=O) groups excluding carboxylic acids is 1. The third-order valence-corrected chi connectivity index (χ3v) is 4.69. The van der Waals surface area contributed by atoms with Crippen LogP contribution in [-0.4, -0.2) is 29.4 Å². The second kappa shape index (κ2) is 6.53. The van der Waals surface area contributed by atoms with E-state index < -0.39 is 0 Å². The van der Waals surface area contributed by atoms with Crippen molar-refractivity contribution in [3.05, 3.63) is 0 Å². The van der Waals surface area contributed by atoms with Crippen LogP contribution in [0.15, 0.2) is 0 Å². The van der Waals surface area contributed by atoms with Crippen molar-refractivity contribution in [2.24, 2.45) is 11.8 Å². The lowest BCUT2D eigenvalue weighted by Crippen LogP contribution is -2.57. The first kappa shape index (κ1) is 13.8. The van der Waals surface area contributed by atoms with Gasteiger partial charge in [-0.15, -0.1) is 0 Å². The van der Waals surface area contributed by atoms with Crippen molar-refractivity contribution < 1.29 is 4.79 Å². The van der Waals surface area contributed by atoms with Crippen LogP contribution in [0.5, 0.6) is 0 Å². The van der Waals surface area contributed by atoms with E-state index in [1.165, 1.54) is 38.5 Å². The normalized spacial score (nSPS) is 30.6. The molecule has 1 heterocycles. The zero-order valence-corrected chi connectivity index (χ0v) is 11.5. The zero-order valence-electron chi connectivity index (χ0n) is 11.5. The van der Waals surface area contributed by atoms with Gasteiger partial charge in [-0.25, -0.2) is 5.84 Å². The zero-order chi connectivity index (χ0) is 13.0. The van der Waals surface area contributed by atoms with Crippen molar-refractivity contribution in [2.45, 2.75) is 70.4 Å². The molecule has 1 amide bonds.